The maximum absolute atomic E-state index is 14.0. The van der Waals surface area contributed by atoms with Crippen LogP contribution in [0.1, 0.15) is 49.1 Å². The number of esters is 1. The molecule has 224 valence electrons. The Morgan fingerprint density at radius 2 is 1.80 bits per heavy atom. The third kappa shape index (κ3) is 6.00. The van der Waals surface area contributed by atoms with E-state index in [2.05, 4.69) is 11.1 Å². The number of fused-ring (bicyclic) bond motifs is 1. The van der Waals surface area contributed by atoms with Gasteiger partial charge in [0.15, 0.2) is 16.3 Å². The minimum Gasteiger partial charge on any atom is -0.494 e. The van der Waals surface area contributed by atoms with Crippen molar-refractivity contribution in [3.8, 4) is 23.3 Å². The van der Waals surface area contributed by atoms with Crippen molar-refractivity contribution in [2.45, 2.75) is 33.4 Å². The van der Waals surface area contributed by atoms with Gasteiger partial charge in [-0.3, -0.25) is 9.36 Å². The van der Waals surface area contributed by atoms with Gasteiger partial charge in [-0.25, -0.2) is 9.79 Å². The van der Waals surface area contributed by atoms with Gasteiger partial charge in [-0.1, -0.05) is 53.8 Å². The average Bonchev–Trinajstić information content (AvgIpc) is 3.33. The summed E-state index contributed by atoms with van der Waals surface area (Å²) in [6, 6.07) is 21.4. The van der Waals surface area contributed by atoms with Crippen molar-refractivity contribution < 1.29 is 23.7 Å². The molecule has 5 rings (SSSR count). The number of carbonyl (C=O) groups excluding carboxylic acids is 1. The smallest absolute Gasteiger partial charge is 0.338 e. The van der Waals surface area contributed by atoms with E-state index in [1.54, 1.807) is 51.3 Å². The van der Waals surface area contributed by atoms with Crippen LogP contribution in [-0.4, -0.2) is 30.9 Å². The number of rotatable bonds is 10. The van der Waals surface area contributed by atoms with E-state index in [9.17, 15) is 14.9 Å². The number of aromatic nitrogens is 1. The standard InChI is InChI=1S/C34H31N3O6S/c1-5-41-26-14-10-9-13-25(26)31-30(33(39)42-6-2)21(3)36-34-37(31)32(38)29(44-34)18-22-15-16-27(28(17-22)40-4)43-20-24-12-8-7-11-23(24)19-35/h7-18,31H,5-6,20H2,1-4H3/b29-18-/t31-/m1/s1. The van der Waals surface area contributed by atoms with E-state index >= 15 is 0 Å². The van der Waals surface area contributed by atoms with Crippen molar-refractivity contribution in [2.24, 2.45) is 4.99 Å². The number of nitrogens with zero attached hydrogens (tertiary/aromatic N) is 3. The first-order valence-corrected chi connectivity index (χ1v) is 14.9. The fraction of sp³-hybridized carbons (Fsp3) is 0.235. The average molecular weight is 610 g/mol. The van der Waals surface area contributed by atoms with Crippen molar-refractivity contribution in [1.29, 1.82) is 5.26 Å². The van der Waals surface area contributed by atoms with Crippen molar-refractivity contribution in [1.82, 2.24) is 4.57 Å². The molecule has 0 aliphatic carbocycles. The second-order valence-electron chi connectivity index (χ2n) is 9.74. The molecule has 9 nitrogen and oxygen atoms in total. The SMILES string of the molecule is CCOC(=O)C1=C(C)N=c2s/c(=C\c3ccc(OCc4ccccc4C#N)c(OC)c3)c(=O)n2[C@@H]1c1ccccc1OCC. The molecule has 0 spiro atoms. The summed E-state index contributed by atoms with van der Waals surface area (Å²) in [5.41, 5.74) is 3.16. The Hall–Kier alpha value is -5.14. The first-order chi connectivity index (χ1) is 21.4. The van der Waals surface area contributed by atoms with Gasteiger partial charge >= 0.3 is 5.97 Å². The van der Waals surface area contributed by atoms with Gasteiger partial charge < -0.3 is 18.9 Å². The molecule has 1 aliphatic heterocycles. The molecular weight excluding hydrogens is 578 g/mol. The molecule has 0 fully saturated rings. The zero-order valence-electron chi connectivity index (χ0n) is 24.8. The largest absolute Gasteiger partial charge is 0.494 e. The minimum atomic E-state index is -0.781. The lowest BCUT2D eigenvalue weighted by molar-refractivity contribution is -0.139. The lowest BCUT2D eigenvalue weighted by Gasteiger charge is -2.26. The van der Waals surface area contributed by atoms with E-state index in [0.717, 1.165) is 5.56 Å². The van der Waals surface area contributed by atoms with Gasteiger partial charge in [0.05, 0.1) is 47.8 Å². The number of para-hydroxylation sites is 1. The number of carbonyl (C=O) groups is 1. The second kappa shape index (κ2) is 13.4. The monoisotopic (exact) mass is 609 g/mol. The first-order valence-electron chi connectivity index (χ1n) is 14.1. The lowest BCUT2D eigenvalue weighted by atomic mass is 9.95. The molecule has 10 heteroatoms. The molecule has 1 aliphatic rings. The normalized spacial score (nSPS) is 14.3. The van der Waals surface area contributed by atoms with E-state index in [4.69, 9.17) is 18.9 Å². The third-order valence-corrected chi connectivity index (χ3v) is 8.02. The number of nitriles is 1. The summed E-state index contributed by atoms with van der Waals surface area (Å²) in [4.78, 5) is 32.4. The predicted octanol–water partition coefficient (Wildman–Crippen LogP) is 4.66. The number of hydrogen-bond acceptors (Lipinski definition) is 9. The van der Waals surface area contributed by atoms with Crippen LogP contribution in [-0.2, 0) is 16.1 Å². The maximum Gasteiger partial charge on any atom is 0.338 e. The first kappa shape index (κ1) is 30.3. The molecule has 0 saturated carbocycles. The maximum atomic E-state index is 14.0. The molecule has 0 bridgehead atoms. The highest BCUT2D eigenvalue weighted by molar-refractivity contribution is 7.07. The number of hydrogen-bond donors (Lipinski definition) is 0. The van der Waals surface area contributed by atoms with E-state index in [-0.39, 0.29) is 18.8 Å². The predicted molar refractivity (Wildman–Crippen MR) is 166 cm³/mol. The van der Waals surface area contributed by atoms with E-state index < -0.39 is 12.0 Å². The molecule has 4 aromatic rings. The molecule has 0 saturated heterocycles. The molecule has 0 radical (unpaired) electrons. The van der Waals surface area contributed by atoms with E-state index in [1.165, 1.54) is 15.9 Å². The van der Waals surface area contributed by atoms with Gasteiger partial charge in [0.1, 0.15) is 18.4 Å². The van der Waals surface area contributed by atoms with Crippen LogP contribution in [0.25, 0.3) is 6.08 Å². The molecule has 0 amide bonds. The fourth-order valence-corrected chi connectivity index (χ4v) is 6.08. The van der Waals surface area contributed by atoms with Gasteiger partial charge in [-0.2, -0.15) is 5.26 Å². The van der Waals surface area contributed by atoms with Crippen molar-refractivity contribution >= 4 is 23.4 Å². The Kier molecular flexibility index (Phi) is 9.26. The Balaban J connectivity index is 1.57. The van der Waals surface area contributed by atoms with Crippen LogP contribution in [0.3, 0.4) is 0 Å². The molecule has 44 heavy (non-hydrogen) atoms. The molecule has 3 aromatic carbocycles. The highest BCUT2D eigenvalue weighted by atomic mass is 32.1. The van der Waals surface area contributed by atoms with Gasteiger partial charge in [-0.15, -0.1) is 0 Å². The summed E-state index contributed by atoms with van der Waals surface area (Å²) in [6.07, 6.45) is 1.76. The van der Waals surface area contributed by atoms with Crippen LogP contribution in [0.5, 0.6) is 17.2 Å². The zero-order chi connectivity index (χ0) is 31.2. The summed E-state index contributed by atoms with van der Waals surface area (Å²) in [5, 5.41) is 9.38. The Morgan fingerprint density at radius 3 is 2.55 bits per heavy atom. The number of allylic oxidation sites excluding steroid dienone is 1. The van der Waals surface area contributed by atoms with E-state index in [0.29, 0.717) is 61.1 Å². The van der Waals surface area contributed by atoms with Crippen LogP contribution < -0.4 is 29.1 Å². The molecule has 1 aromatic heterocycles. The summed E-state index contributed by atoms with van der Waals surface area (Å²) in [6.45, 7) is 6.17. The number of methoxy groups -OCH3 is 1. The molecule has 2 heterocycles. The van der Waals surface area contributed by atoms with Crippen molar-refractivity contribution in [3.63, 3.8) is 0 Å². The van der Waals surface area contributed by atoms with E-state index in [1.807, 2.05) is 49.4 Å². The van der Waals surface area contributed by atoms with Crippen LogP contribution >= 0.6 is 11.3 Å². The van der Waals surface area contributed by atoms with Gasteiger partial charge in [0.2, 0.25) is 0 Å². The van der Waals surface area contributed by atoms with Crippen molar-refractivity contribution in [3.05, 3.63) is 120 Å². The summed E-state index contributed by atoms with van der Waals surface area (Å²) in [7, 11) is 1.54. The number of ether oxygens (including phenoxy) is 4. The molecular formula is C34H31N3O6S. The highest BCUT2D eigenvalue weighted by Gasteiger charge is 2.35. The topological polar surface area (TPSA) is 112 Å². The lowest BCUT2D eigenvalue weighted by Crippen LogP contribution is -2.40. The van der Waals surface area contributed by atoms with Gasteiger partial charge in [-0.05, 0) is 56.7 Å². The Bertz CT molecular complexity index is 1970. The quantitative estimate of drug-likeness (QED) is 0.241. The molecule has 0 unspecified atom stereocenters. The Labute approximate surface area is 258 Å². The fourth-order valence-electron chi connectivity index (χ4n) is 5.03. The van der Waals surface area contributed by atoms with Crippen molar-refractivity contribution in [2.75, 3.05) is 20.3 Å². The Morgan fingerprint density at radius 1 is 1.02 bits per heavy atom. The molecule has 0 N–H and O–H groups in total. The number of benzene rings is 3. The zero-order valence-corrected chi connectivity index (χ0v) is 25.6. The summed E-state index contributed by atoms with van der Waals surface area (Å²) < 4.78 is 24.8. The van der Waals surface area contributed by atoms with Gasteiger partial charge in [0, 0.05) is 11.1 Å². The summed E-state index contributed by atoms with van der Waals surface area (Å²) in [5.74, 6) is 1.02. The van der Waals surface area contributed by atoms with Crippen LogP contribution in [0.4, 0.5) is 0 Å². The van der Waals surface area contributed by atoms with Crippen LogP contribution in [0.15, 0.2) is 87.8 Å². The summed E-state index contributed by atoms with van der Waals surface area (Å²) >= 11 is 1.23. The third-order valence-electron chi connectivity index (χ3n) is 7.04. The van der Waals surface area contributed by atoms with Crippen LogP contribution in [0.2, 0.25) is 0 Å². The van der Waals surface area contributed by atoms with Gasteiger partial charge in [0.25, 0.3) is 5.56 Å². The number of thiazole rings is 1. The van der Waals surface area contributed by atoms with Crippen LogP contribution in [0, 0.1) is 11.3 Å². The molecule has 1 atom stereocenters. The highest BCUT2D eigenvalue weighted by Crippen LogP contribution is 2.36. The second-order valence-corrected chi connectivity index (χ2v) is 10.8. The minimum absolute atomic E-state index is 0.187.